The average Bonchev–Trinajstić information content (AvgIpc) is 2.95. The number of hydrogen-bond donors (Lipinski definition) is 1. The molecule has 0 aromatic heterocycles. The molecule has 0 bridgehead atoms. The van der Waals surface area contributed by atoms with Gasteiger partial charge in [-0.3, -0.25) is 0 Å². The van der Waals surface area contributed by atoms with E-state index in [1.54, 1.807) is 0 Å². The highest BCUT2D eigenvalue weighted by Crippen LogP contribution is 2.27. The summed E-state index contributed by atoms with van der Waals surface area (Å²) in [5, 5.41) is 3.04. The van der Waals surface area contributed by atoms with Crippen molar-refractivity contribution >= 4 is 6.03 Å². The smallest absolute Gasteiger partial charge is 0.317 e. The molecule has 0 radical (unpaired) electrons. The second-order valence-corrected chi connectivity index (χ2v) is 6.63. The third-order valence-corrected chi connectivity index (χ3v) is 4.73. The Morgan fingerprint density at radius 2 is 2.09 bits per heavy atom. The summed E-state index contributed by atoms with van der Waals surface area (Å²) >= 11 is 0. The van der Waals surface area contributed by atoms with Gasteiger partial charge in [0.2, 0.25) is 0 Å². The molecule has 1 aromatic rings. The summed E-state index contributed by atoms with van der Waals surface area (Å²) < 4.78 is 5.88. The minimum atomic E-state index is 0.0575. The van der Waals surface area contributed by atoms with Gasteiger partial charge in [0.1, 0.15) is 11.9 Å². The molecule has 4 nitrogen and oxygen atoms in total. The summed E-state index contributed by atoms with van der Waals surface area (Å²) in [4.78, 5) is 13.8. The molecular formula is C18H26N2O2. The largest absolute Gasteiger partial charge is 0.487 e. The second-order valence-electron chi connectivity index (χ2n) is 6.63. The van der Waals surface area contributed by atoms with Gasteiger partial charge in [-0.1, -0.05) is 37.8 Å². The van der Waals surface area contributed by atoms with Crippen molar-refractivity contribution in [3.8, 4) is 5.75 Å². The fourth-order valence-corrected chi connectivity index (χ4v) is 3.35. The van der Waals surface area contributed by atoms with E-state index in [-0.39, 0.29) is 12.1 Å². The fourth-order valence-electron chi connectivity index (χ4n) is 3.35. The molecule has 1 heterocycles. The first-order chi connectivity index (χ1) is 10.7. The first kappa shape index (κ1) is 15.2. The first-order valence-electron chi connectivity index (χ1n) is 8.47. The number of nitrogens with zero attached hydrogens (tertiary/aromatic N) is 1. The molecular weight excluding hydrogens is 276 g/mol. The van der Waals surface area contributed by atoms with E-state index in [0.29, 0.717) is 13.1 Å². The highest BCUT2D eigenvalue weighted by atomic mass is 16.5. The minimum Gasteiger partial charge on any atom is -0.487 e. The van der Waals surface area contributed by atoms with Crippen LogP contribution in [0.3, 0.4) is 0 Å². The van der Waals surface area contributed by atoms with Gasteiger partial charge in [0.15, 0.2) is 0 Å². The van der Waals surface area contributed by atoms with Gasteiger partial charge in [-0.05, 0) is 37.0 Å². The Bertz CT molecular complexity index is 506. The number of carbonyl (C=O) groups is 1. The van der Waals surface area contributed by atoms with Crippen molar-refractivity contribution in [2.75, 3.05) is 19.6 Å². The molecule has 22 heavy (non-hydrogen) atoms. The van der Waals surface area contributed by atoms with Crippen LogP contribution in [0.15, 0.2) is 24.3 Å². The van der Waals surface area contributed by atoms with E-state index in [0.717, 1.165) is 24.6 Å². The highest BCUT2D eigenvalue weighted by Gasteiger charge is 2.32. The molecule has 0 spiro atoms. The molecule has 1 saturated heterocycles. The van der Waals surface area contributed by atoms with Crippen LogP contribution < -0.4 is 10.1 Å². The van der Waals surface area contributed by atoms with Crippen LogP contribution in [-0.4, -0.2) is 36.7 Å². The summed E-state index contributed by atoms with van der Waals surface area (Å²) in [5.41, 5.74) is 1.19. The maximum Gasteiger partial charge on any atom is 0.317 e. The number of hydrogen-bond acceptors (Lipinski definition) is 2. The molecule has 2 aliphatic rings. The van der Waals surface area contributed by atoms with Gasteiger partial charge in [0.05, 0.1) is 13.1 Å². The predicted molar refractivity (Wildman–Crippen MR) is 87.1 cm³/mol. The standard InChI is InChI=1S/C18H26N2O2/c1-14-5-4-8-16(11-14)22-17-12-20(13-17)18(21)19-10-9-15-6-2-3-7-15/h4-5,8,11,15,17H,2-3,6-7,9-10,12-13H2,1H3,(H,19,21). The van der Waals surface area contributed by atoms with Crippen molar-refractivity contribution in [1.82, 2.24) is 10.2 Å². The Hall–Kier alpha value is -1.71. The Kier molecular flexibility index (Phi) is 4.86. The van der Waals surface area contributed by atoms with E-state index < -0.39 is 0 Å². The molecule has 0 atom stereocenters. The van der Waals surface area contributed by atoms with Crippen LogP contribution in [0.2, 0.25) is 0 Å². The number of benzene rings is 1. The lowest BCUT2D eigenvalue weighted by Gasteiger charge is -2.38. The molecule has 2 fully saturated rings. The van der Waals surface area contributed by atoms with Gasteiger partial charge < -0.3 is 15.0 Å². The van der Waals surface area contributed by atoms with E-state index in [1.807, 2.05) is 23.1 Å². The van der Waals surface area contributed by atoms with E-state index in [1.165, 1.54) is 31.2 Å². The summed E-state index contributed by atoms with van der Waals surface area (Å²) in [5.74, 6) is 1.72. The van der Waals surface area contributed by atoms with Gasteiger partial charge in [0.25, 0.3) is 0 Å². The number of urea groups is 1. The molecule has 1 aromatic carbocycles. The van der Waals surface area contributed by atoms with Crippen LogP contribution in [0.1, 0.15) is 37.7 Å². The molecule has 1 aliphatic carbocycles. The van der Waals surface area contributed by atoms with Gasteiger partial charge in [-0.2, -0.15) is 0 Å². The van der Waals surface area contributed by atoms with Gasteiger partial charge in [-0.25, -0.2) is 4.79 Å². The van der Waals surface area contributed by atoms with Crippen LogP contribution in [0, 0.1) is 12.8 Å². The number of aryl methyl sites for hydroxylation is 1. The SMILES string of the molecule is Cc1cccc(OC2CN(C(=O)NCCC3CCCC3)C2)c1. The molecule has 4 heteroatoms. The fraction of sp³-hybridized carbons (Fsp3) is 0.611. The summed E-state index contributed by atoms with van der Waals surface area (Å²) in [7, 11) is 0. The van der Waals surface area contributed by atoms with Crippen molar-refractivity contribution in [3.63, 3.8) is 0 Å². The molecule has 0 unspecified atom stereocenters. The molecule has 1 N–H and O–H groups in total. The van der Waals surface area contributed by atoms with Gasteiger partial charge in [0, 0.05) is 6.54 Å². The van der Waals surface area contributed by atoms with Crippen LogP contribution in [0.25, 0.3) is 0 Å². The number of ether oxygens (including phenoxy) is 1. The van der Waals surface area contributed by atoms with Crippen LogP contribution in [-0.2, 0) is 0 Å². The maximum absolute atomic E-state index is 12.0. The van der Waals surface area contributed by atoms with Gasteiger partial charge in [-0.15, -0.1) is 0 Å². The van der Waals surface area contributed by atoms with Crippen molar-refractivity contribution in [2.45, 2.75) is 45.1 Å². The molecule has 1 saturated carbocycles. The normalized spacial score (nSPS) is 19.0. The average molecular weight is 302 g/mol. The maximum atomic E-state index is 12.0. The first-order valence-corrected chi connectivity index (χ1v) is 8.47. The Morgan fingerprint density at radius 3 is 2.82 bits per heavy atom. The van der Waals surface area contributed by atoms with E-state index in [9.17, 15) is 4.79 Å². The quantitative estimate of drug-likeness (QED) is 0.906. The molecule has 1 aliphatic heterocycles. The Labute approximate surface area is 132 Å². The predicted octanol–water partition coefficient (Wildman–Crippen LogP) is 3.35. The highest BCUT2D eigenvalue weighted by molar-refractivity contribution is 5.75. The summed E-state index contributed by atoms with van der Waals surface area (Å²) in [6, 6.07) is 8.11. The topological polar surface area (TPSA) is 41.6 Å². The second kappa shape index (κ2) is 7.03. The lowest BCUT2D eigenvalue weighted by molar-refractivity contribution is 0.0444. The van der Waals surface area contributed by atoms with Crippen molar-refractivity contribution in [3.05, 3.63) is 29.8 Å². The number of rotatable bonds is 5. The zero-order valence-corrected chi connectivity index (χ0v) is 13.4. The van der Waals surface area contributed by atoms with Crippen LogP contribution >= 0.6 is 0 Å². The molecule has 120 valence electrons. The zero-order valence-electron chi connectivity index (χ0n) is 13.4. The van der Waals surface area contributed by atoms with Gasteiger partial charge >= 0.3 is 6.03 Å². The minimum absolute atomic E-state index is 0.0575. The molecule has 2 amide bonds. The van der Waals surface area contributed by atoms with Crippen LogP contribution in [0.5, 0.6) is 5.75 Å². The van der Waals surface area contributed by atoms with Crippen molar-refractivity contribution in [2.24, 2.45) is 5.92 Å². The number of likely N-dealkylation sites (tertiary alicyclic amines) is 1. The lowest BCUT2D eigenvalue weighted by atomic mass is 10.0. The monoisotopic (exact) mass is 302 g/mol. The van der Waals surface area contributed by atoms with Crippen LogP contribution in [0.4, 0.5) is 4.79 Å². The number of nitrogens with one attached hydrogen (secondary N) is 1. The van der Waals surface area contributed by atoms with E-state index in [4.69, 9.17) is 4.74 Å². The van der Waals surface area contributed by atoms with Crippen molar-refractivity contribution < 1.29 is 9.53 Å². The van der Waals surface area contributed by atoms with E-state index in [2.05, 4.69) is 18.3 Å². The Balaban J connectivity index is 1.33. The third-order valence-electron chi connectivity index (χ3n) is 4.73. The third kappa shape index (κ3) is 3.93. The number of amides is 2. The lowest BCUT2D eigenvalue weighted by Crippen LogP contribution is -2.59. The Morgan fingerprint density at radius 1 is 1.32 bits per heavy atom. The molecule has 3 rings (SSSR count). The summed E-state index contributed by atoms with van der Waals surface area (Å²) in [6.45, 7) is 4.23. The summed E-state index contributed by atoms with van der Waals surface area (Å²) in [6.07, 6.45) is 6.66. The number of carbonyl (C=O) groups excluding carboxylic acids is 1. The van der Waals surface area contributed by atoms with E-state index >= 15 is 0 Å². The zero-order chi connectivity index (χ0) is 15.4. The van der Waals surface area contributed by atoms with Crippen molar-refractivity contribution in [1.29, 1.82) is 0 Å².